The van der Waals surface area contributed by atoms with Crippen LogP contribution >= 0.6 is 11.3 Å². The number of ether oxygens (including phenoxy) is 2. The van der Waals surface area contributed by atoms with Crippen molar-refractivity contribution in [3.63, 3.8) is 0 Å². The molecule has 1 N–H and O–H groups in total. The maximum atomic E-state index is 13.6. The summed E-state index contributed by atoms with van der Waals surface area (Å²) in [6.07, 6.45) is 0.789. The quantitative estimate of drug-likeness (QED) is 0.642. The van der Waals surface area contributed by atoms with E-state index in [1.54, 1.807) is 48.0 Å². The van der Waals surface area contributed by atoms with Crippen molar-refractivity contribution in [2.75, 3.05) is 31.0 Å². The molecule has 1 unspecified atom stereocenters. The molecule has 2 aliphatic rings. The smallest absolute Gasteiger partial charge is 0.264 e. The van der Waals surface area contributed by atoms with Gasteiger partial charge in [0.05, 0.1) is 31.0 Å². The van der Waals surface area contributed by atoms with E-state index in [2.05, 4.69) is 10.3 Å². The Bertz CT molecular complexity index is 1240. The van der Waals surface area contributed by atoms with Gasteiger partial charge in [-0.1, -0.05) is 18.2 Å². The van der Waals surface area contributed by atoms with Gasteiger partial charge in [-0.2, -0.15) is 0 Å². The van der Waals surface area contributed by atoms with Crippen molar-refractivity contribution in [3.05, 3.63) is 64.7 Å². The van der Waals surface area contributed by atoms with Crippen molar-refractivity contribution >= 4 is 39.9 Å². The Hall–Kier alpha value is -3.92. The van der Waals surface area contributed by atoms with Crippen LogP contribution in [0.2, 0.25) is 0 Å². The molecule has 9 nitrogen and oxygen atoms in total. The van der Waals surface area contributed by atoms with Gasteiger partial charge in [0.2, 0.25) is 5.91 Å². The van der Waals surface area contributed by atoms with Crippen molar-refractivity contribution in [1.29, 1.82) is 0 Å². The molecule has 0 fully saturated rings. The SMILES string of the molecule is COc1ccc2c(c1OC)C(=O)N1c3ccccc3C(=O)N(CC(=O)Nc3nccs3)C21. The Balaban J connectivity index is 1.62. The molecule has 162 valence electrons. The average Bonchev–Trinajstić information content (AvgIpc) is 3.42. The molecule has 32 heavy (non-hydrogen) atoms. The lowest BCUT2D eigenvalue weighted by Gasteiger charge is -2.40. The zero-order chi connectivity index (χ0) is 22.4. The summed E-state index contributed by atoms with van der Waals surface area (Å²) in [4.78, 5) is 46.7. The second kappa shape index (κ2) is 7.65. The van der Waals surface area contributed by atoms with Gasteiger partial charge in [0, 0.05) is 17.1 Å². The van der Waals surface area contributed by atoms with Crippen molar-refractivity contribution in [1.82, 2.24) is 9.88 Å². The van der Waals surface area contributed by atoms with E-state index in [0.29, 0.717) is 39.0 Å². The number of anilines is 2. The van der Waals surface area contributed by atoms with Crippen molar-refractivity contribution in [2.45, 2.75) is 6.17 Å². The van der Waals surface area contributed by atoms with Crippen LogP contribution in [0.3, 0.4) is 0 Å². The average molecular weight is 450 g/mol. The number of fused-ring (bicyclic) bond motifs is 5. The molecule has 1 atom stereocenters. The second-order valence-electron chi connectivity index (χ2n) is 7.15. The van der Waals surface area contributed by atoms with Crippen LogP contribution in [0.5, 0.6) is 11.5 Å². The number of para-hydroxylation sites is 1. The summed E-state index contributed by atoms with van der Waals surface area (Å²) in [6, 6.07) is 10.3. The van der Waals surface area contributed by atoms with Gasteiger partial charge in [0.1, 0.15) is 12.7 Å². The topological polar surface area (TPSA) is 101 Å². The molecule has 0 aliphatic carbocycles. The van der Waals surface area contributed by atoms with Crippen LogP contribution in [0.1, 0.15) is 32.4 Å². The van der Waals surface area contributed by atoms with E-state index in [1.165, 1.54) is 35.4 Å². The highest BCUT2D eigenvalue weighted by Gasteiger charge is 2.50. The first-order chi connectivity index (χ1) is 15.5. The summed E-state index contributed by atoms with van der Waals surface area (Å²) in [7, 11) is 2.95. The zero-order valence-electron chi connectivity index (χ0n) is 17.2. The van der Waals surface area contributed by atoms with Crippen LogP contribution in [0.15, 0.2) is 48.0 Å². The molecule has 0 saturated carbocycles. The highest BCUT2D eigenvalue weighted by Crippen LogP contribution is 2.49. The number of hydrogen-bond donors (Lipinski definition) is 1. The molecule has 0 bridgehead atoms. The fourth-order valence-corrected chi connectivity index (χ4v) is 4.73. The van der Waals surface area contributed by atoms with Crippen LogP contribution in [0, 0.1) is 0 Å². The summed E-state index contributed by atoms with van der Waals surface area (Å²) in [5.74, 6) is -0.375. The minimum Gasteiger partial charge on any atom is -0.493 e. The van der Waals surface area contributed by atoms with Crippen LogP contribution in [-0.2, 0) is 4.79 Å². The van der Waals surface area contributed by atoms with Crippen LogP contribution in [0.4, 0.5) is 10.8 Å². The number of carbonyl (C=O) groups is 3. The molecule has 2 aromatic carbocycles. The number of carbonyl (C=O) groups excluding carboxylic acids is 3. The Labute approximate surface area is 187 Å². The van der Waals surface area contributed by atoms with Gasteiger partial charge in [-0.3, -0.25) is 19.3 Å². The number of aromatic nitrogens is 1. The molecule has 0 saturated heterocycles. The summed E-state index contributed by atoms with van der Waals surface area (Å²) >= 11 is 1.28. The Morgan fingerprint density at radius 2 is 1.94 bits per heavy atom. The summed E-state index contributed by atoms with van der Waals surface area (Å²) in [5, 5.41) is 4.87. The molecule has 0 spiro atoms. The maximum absolute atomic E-state index is 13.6. The van der Waals surface area contributed by atoms with E-state index < -0.39 is 12.1 Å². The standard InChI is InChI=1S/C22H18N4O5S/c1-30-15-8-7-13-17(18(15)31-2)21(29)26-14-6-4-3-5-12(14)20(28)25(19(13)26)11-16(27)24-22-23-9-10-32-22/h3-10,19H,11H2,1-2H3,(H,23,24,27). The summed E-state index contributed by atoms with van der Waals surface area (Å²) in [5.41, 5.74) is 1.71. The van der Waals surface area contributed by atoms with Crippen molar-refractivity contribution < 1.29 is 23.9 Å². The molecule has 3 amide bonds. The lowest BCUT2D eigenvalue weighted by molar-refractivity contribution is -0.117. The number of nitrogens with one attached hydrogen (secondary N) is 1. The van der Waals surface area contributed by atoms with E-state index in [-0.39, 0.29) is 18.4 Å². The first kappa shape index (κ1) is 20.0. The molecule has 5 rings (SSSR count). The van der Waals surface area contributed by atoms with Crippen LogP contribution < -0.4 is 19.7 Å². The molecular weight excluding hydrogens is 432 g/mol. The van der Waals surface area contributed by atoms with E-state index in [0.717, 1.165) is 0 Å². The monoisotopic (exact) mass is 450 g/mol. The lowest BCUT2D eigenvalue weighted by Crippen LogP contribution is -2.50. The van der Waals surface area contributed by atoms with Crippen LogP contribution in [-0.4, -0.2) is 48.4 Å². The molecule has 10 heteroatoms. The number of hydrogen-bond acceptors (Lipinski definition) is 7. The molecule has 1 aromatic heterocycles. The van der Waals surface area contributed by atoms with Crippen LogP contribution in [0.25, 0.3) is 0 Å². The predicted octanol–water partition coefficient (Wildman–Crippen LogP) is 2.91. The van der Waals surface area contributed by atoms with Gasteiger partial charge >= 0.3 is 0 Å². The van der Waals surface area contributed by atoms with E-state index in [1.807, 2.05) is 0 Å². The van der Waals surface area contributed by atoms with Gasteiger partial charge in [0.25, 0.3) is 11.8 Å². The third-order valence-corrected chi connectivity index (χ3v) is 6.16. The largest absolute Gasteiger partial charge is 0.493 e. The number of methoxy groups -OCH3 is 2. The van der Waals surface area contributed by atoms with Crippen molar-refractivity contribution in [2.24, 2.45) is 0 Å². The maximum Gasteiger partial charge on any atom is 0.264 e. The minimum atomic E-state index is -0.790. The minimum absolute atomic E-state index is 0.255. The van der Waals surface area contributed by atoms with Gasteiger partial charge < -0.3 is 19.7 Å². The second-order valence-corrected chi connectivity index (χ2v) is 8.04. The highest BCUT2D eigenvalue weighted by atomic mass is 32.1. The number of benzene rings is 2. The molecule has 3 aromatic rings. The Kier molecular flexibility index (Phi) is 4.78. The Morgan fingerprint density at radius 1 is 1.12 bits per heavy atom. The molecular formula is C22H18N4O5S. The number of thiazole rings is 1. The van der Waals surface area contributed by atoms with E-state index in [9.17, 15) is 14.4 Å². The third kappa shape index (κ3) is 2.91. The van der Waals surface area contributed by atoms with Crippen molar-refractivity contribution in [3.8, 4) is 11.5 Å². The van der Waals surface area contributed by atoms with E-state index in [4.69, 9.17) is 9.47 Å². The zero-order valence-corrected chi connectivity index (χ0v) is 18.0. The molecule has 2 aliphatic heterocycles. The molecule has 3 heterocycles. The number of rotatable bonds is 5. The third-order valence-electron chi connectivity index (χ3n) is 5.48. The molecule has 0 radical (unpaired) electrons. The van der Waals surface area contributed by atoms with Gasteiger partial charge in [-0.25, -0.2) is 4.98 Å². The fraction of sp³-hybridized carbons (Fsp3) is 0.182. The lowest BCUT2D eigenvalue weighted by atomic mass is 10.0. The summed E-state index contributed by atoms with van der Waals surface area (Å²) in [6.45, 7) is -0.255. The first-order valence-corrected chi connectivity index (χ1v) is 10.6. The fourth-order valence-electron chi connectivity index (χ4n) is 4.18. The normalized spacial score (nSPS) is 16.4. The van der Waals surface area contributed by atoms with Gasteiger partial charge in [-0.05, 0) is 18.2 Å². The number of nitrogens with zero attached hydrogens (tertiary/aromatic N) is 3. The van der Waals surface area contributed by atoms with Gasteiger partial charge in [0.15, 0.2) is 16.6 Å². The first-order valence-electron chi connectivity index (χ1n) is 9.73. The van der Waals surface area contributed by atoms with E-state index >= 15 is 0 Å². The highest BCUT2D eigenvalue weighted by molar-refractivity contribution is 7.13. The number of amides is 3. The Morgan fingerprint density at radius 3 is 2.66 bits per heavy atom. The summed E-state index contributed by atoms with van der Waals surface area (Å²) < 4.78 is 10.9. The predicted molar refractivity (Wildman–Crippen MR) is 117 cm³/mol. The van der Waals surface area contributed by atoms with Gasteiger partial charge in [-0.15, -0.1) is 11.3 Å².